The summed E-state index contributed by atoms with van der Waals surface area (Å²) in [6, 6.07) is 9.61. The third kappa shape index (κ3) is 2.50. The number of aromatic nitrogens is 1. The molecular weight excluding hydrogens is 266 g/mol. The van der Waals surface area contributed by atoms with Gasteiger partial charge < -0.3 is 15.8 Å². The SMILES string of the molecule is CC1(C(=O)NCc2cccc3cccnc23)COCC1N. The lowest BCUT2D eigenvalue weighted by Crippen LogP contribution is -2.49. The van der Waals surface area contributed by atoms with Crippen LogP contribution in [0.4, 0.5) is 0 Å². The highest BCUT2D eigenvalue weighted by Crippen LogP contribution is 2.27. The predicted molar refractivity (Wildman–Crippen MR) is 80.5 cm³/mol. The zero-order valence-electron chi connectivity index (χ0n) is 12.0. The Bertz CT molecular complexity index is 668. The summed E-state index contributed by atoms with van der Waals surface area (Å²) in [6.45, 7) is 3.09. The Morgan fingerprint density at radius 1 is 1.48 bits per heavy atom. The zero-order valence-corrected chi connectivity index (χ0v) is 12.0. The molecule has 1 saturated heterocycles. The van der Waals surface area contributed by atoms with E-state index in [2.05, 4.69) is 10.3 Å². The quantitative estimate of drug-likeness (QED) is 0.889. The van der Waals surface area contributed by atoms with Crippen molar-refractivity contribution >= 4 is 16.8 Å². The van der Waals surface area contributed by atoms with E-state index in [0.29, 0.717) is 19.8 Å². The molecule has 2 atom stereocenters. The fourth-order valence-corrected chi connectivity index (χ4v) is 2.61. The Kier molecular flexibility index (Phi) is 3.61. The lowest BCUT2D eigenvalue weighted by Gasteiger charge is -2.25. The van der Waals surface area contributed by atoms with E-state index in [0.717, 1.165) is 16.5 Å². The molecule has 1 aliphatic heterocycles. The van der Waals surface area contributed by atoms with E-state index in [-0.39, 0.29) is 11.9 Å². The molecule has 1 amide bonds. The zero-order chi connectivity index (χ0) is 14.9. The van der Waals surface area contributed by atoms with Gasteiger partial charge >= 0.3 is 0 Å². The highest BCUT2D eigenvalue weighted by atomic mass is 16.5. The molecule has 3 rings (SSSR count). The molecule has 0 saturated carbocycles. The summed E-state index contributed by atoms with van der Waals surface area (Å²) < 4.78 is 5.32. The molecule has 0 radical (unpaired) electrons. The number of hydrogen-bond donors (Lipinski definition) is 2. The lowest BCUT2D eigenvalue weighted by molar-refractivity contribution is -0.130. The molecule has 2 aromatic rings. The number of nitrogens with two attached hydrogens (primary N) is 1. The largest absolute Gasteiger partial charge is 0.379 e. The Hall–Kier alpha value is -1.98. The van der Waals surface area contributed by atoms with Gasteiger partial charge in [0.2, 0.25) is 5.91 Å². The van der Waals surface area contributed by atoms with Crippen LogP contribution in [0.3, 0.4) is 0 Å². The number of nitrogens with zero attached hydrogens (tertiary/aromatic N) is 1. The second-order valence-electron chi connectivity index (χ2n) is 5.71. The third-order valence-electron chi connectivity index (χ3n) is 4.19. The smallest absolute Gasteiger partial charge is 0.230 e. The number of amides is 1. The Labute approximate surface area is 123 Å². The average Bonchev–Trinajstić information content (AvgIpc) is 2.85. The number of pyridine rings is 1. The number of para-hydroxylation sites is 1. The summed E-state index contributed by atoms with van der Waals surface area (Å²) in [5, 5.41) is 4.03. The van der Waals surface area contributed by atoms with Crippen LogP contribution >= 0.6 is 0 Å². The van der Waals surface area contributed by atoms with Crippen LogP contribution in [0.25, 0.3) is 10.9 Å². The molecule has 110 valence electrons. The molecule has 5 nitrogen and oxygen atoms in total. The van der Waals surface area contributed by atoms with Crippen molar-refractivity contribution in [3.8, 4) is 0 Å². The first-order chi connectivity index (χ1) is 10.1. The number of rotatable bonds is 3. The van der Waals surface area contributed by atoms with Gasteiger partial charge in [-0.3, -0.25) is 9.78 Å². The summed E-state index contributed by atoms with van der Waals surface area (Å²) in [5.74, 6) is -0.0690. The van der Waals surface area contributed by atoms with E-state index in [1.807, 2.05) is 37.3 Å². The number of ether oxygens (including phenoxy) is 1. The standard InChI is InChI=1S/C16H19N3O2/c1-16(10-21-9-13(16)17)15(20)19-8-12-5-2-4-11-6-3-7-18-14(11)12/h2-7,13H,8-10,17H2,1H3,(H,19,20). The maximum absolute atomic E-state index is 12.4. The van der Waals surface area contributed by atoms with Crippen molar-refractivity contribution < 1.29 is 9.53 Å². The Morgan fingerprint density at radius 2 is 2.29 bits per heavy atom. The first kappa shape index (κ1) is 14.0. The van der Waals surface area contributed by atoms with Gasteiger partial charge in [0.1, 0.15) is 0 Å². The highest BCUT2D eigenvalue weighted by molar-refractivity contribution is 5.85. The number of carbonyl (C=O) groups is 1. The van der Waals surface area contributed by atoms with E-state index >= 15 is 0 Å². The van der Waals surface area contributed by atoms with Crippen molar-refractivity contribution in [1.29, 1.82) is 0 Å². The molecule has 1 fully saturated rings. The Morgan fingerprint density at radius 3 is 3.05 bits per heavy atom. The third-order valence-corrected chi connectivity index (χ3v) is 4.19. The van der Waals surface area contributed by atoms with Crippen molar-refractivity contribution in [1.82, 2.24) is 10.3 Å². The van der Waals surface area contributed by atoms with E-state index in [1.165, 1.54) is 0 Å². The predicted octanol–water partition coefficient (Wildman–Crippen LogP) is 1.21. The molecule has 0 aliphatic carbocycles. The molecule has 2 unspecified atom stereocenters. The van der Waals surface area contributed by atoms with E-state index in [1.54, 1.807) is 6.20 Å². The van der Waals surface area contributed by atoms with Crippen molar-refractivity contribution in [2.24, 2.45) is 11.1 Å². The number of carbonyl (C=O) groups excluding carboxylic acids is 1. The van der Waals surface area contributed by atoms with Gasteiger partial charge in [-0.1, -0.05) is 24.3 Å². The monoisotopic (exact) mass is 285 g/mol. The summed E-state index contributed by atoms with van der Waals surface area (Å²) in [6.07, 6.45) is 1.76. The van der Waals surface area contributed by atoms with Gasteiger partial charge in [-0.25, -0.2) is 0 Å². The topological polar surface area (TPSA) is 77.2 Å². The second-order valence-corrected chi connectivity index (χ2v) is 5.71. The maximum atomic E-state index is 12.4. The van der Waals surface area contributed by atoms with Gasteiger partial charge in [-0.2, -0.15) is 0 Å². The van der Waals surface area contributed by atoms with Crippen LogP contribution in [0.2, 0.25) is 0 Å². The second kappa shape index (κ2) is 5.42. The number of hydrogen-bond acceptors (Lipinski definition) is 4. The normalized spacial score (nSPS) is 25.1. The van der Waals surface area contributed by atoms with E-state index < -0.39 is 5.41 Å². The van der Waals surface area contributed by atoms with Crippen molar-refractivity contribution in [3.63, 3.8) is 0 Å². The van der Waals surface area contributed by atoms with Crippen LogP contribution in [0.5, 0.6) is 0 Å². The highest BCUT2D eigenvalue weighted by Gasteiger charge is 2.44. The fraction of sp³-hybridized carbons (Fsp3) is 0.375. The van der Waals surface area contributed by atoms with Crippen LogP contribution < -0.4 is 11.1 Å². The van der Waals surface area contributed by atoms with Crippen LogP contribution in [-0.4, -0.2) is 30.1 Å². The van der Waals surface area contributed by atoms with Gasteiger partial charge in [0.25, 0.3) is 0 Å². The number of benzene rings is 1. The van der Waals surface area contributed by atoms with Crippen LogP contribution in [-0.2, 0) is 16.1 Å². The van der Waals surface area contributed by atoms with Crippen LogP contribution in [0, 0.1) is 5.41 Å². The summed E-state index contributed by atoms with van der Waals surface area (Å²) in [7, 11) is 0. The van der Waals surface area contributed by atoms with Gasteiger partial charge in [0.05, 0.1) is 24.1 Å². The number of fused-ring (bicyclic) bond motifs is 1. The molecule has 5 heteroatoms. The van der Waals surface area contributed by atoms with Gasteiger partial charge in [0.15, 0.2) is 0 Å². The molecule has 2 heterocycles. The van der Waals surface area contributed by atoms with Crippen molar-refractivity contribution in [2.75, 3.05) is 13.2 Å². The summed E-state index contributed by atoms with van der Waals surface area (Å²) in [5.41, 5.74) is 7.23. The number of nitrogens with one attached hydrogen (secondary N) is 1. The molecule has 3 N–H and O–H groups in total. The molecule has 1 aliphatic rings. The lowest BCUT2D eigenvalue weighted by atomic mass is 9.85. The molecule has 21 heavy (non-hydrogen) atoms. The van der Waals surface area contributed by atoms with E-state index in [9.17, 15) is 4.79 Å². The fourth-order valence-electron chi connectivity index (χ4n) is 2.61. The average molecular weight is 285 g/mol. The first-order valence-corrected chi connectivity index (χ1v) is 7.05. The molecule has 1 aromatic heterocycles. The Balaban J connectivity index is 1.76. The van der Waals surface area contributed by atoms with Crippen LogP contribution in [0.15, 0.2) is 36.5 Å². The minimum atomic E-state index is -0.655. The molecular formula is C16H19N3O2. The molecule has 0 bridgehead atoms. The minimum absolute atomic E-state index is 0.0690. The van der Waals surface area contributed by atoms with Gasteiger partial charge in [0, 0.05) is 24.2 Å². The van der Waals surface area contributed by atoms with Crippen molar-refractivity contribution in [3.05, 3.63) is 42.1 Å². The summed E-state index contributed by atoms with van der Waals surface area (Å²) in [4.78, 5) is 16.8. The van der Waals surface area contributed by atoms with Crippen LogP contribution in [0.1, 0.15) is 12.5 Å². The minimum Gasteiger partial charge on any atom is -0.379 e. The summed E-state index contributed by atoms with van der Waals surface area (Å²) >= 11 is 0. The van der Waals surface area contributed by atoms with Gasteiger partial charge in [-0.15, -0.1) is 0 Å². The maximum Gasteiger partial charge on any atom is 0.230 e. The van der Waals surface area contributed by atoms with Crippen molar-refractivity contribution in [2.45, 2.75) is 19.5 Å². The first-order valence-electron chi connectivity index (χ1n) is 7.05. The van der Waals surface area contributed by atoms with Gasteiger partial charge in [-0.05, 0) is 18.6 Å². The van der Waals surface area contributed by atoms with E-state index in [4.69, 9.17) is 10.5 Å². The molecule has 0 spiro atoms. The molecule has 1 aromatic carbocycles.